The van der Waals surface area contributed by atoms with E-state index in [1.807, 2.05) is 0 Å². The monoisotopic (exact) mass is 348 g/mol. The number of nitrogens with zero attached hydrogens (tertiary/aromatic N) is 2. The molecule has 0 bridgehead atoms. The van der Waals surface area contributed by atoms with Gasteiger partial charge in [0.15, 0.2) is 0 Å². The van der Waals surface area contributed by atoms with Crippen molar-refractivity contribution in [2.75, 3.05) is 26.2 Å². The van der Waals surface area contributed by atoms with Crippen molar-refractivity contribution in [3.63, 3.8) is 0 Å². The predicted octanol–water partition coefficient (Wildman–Crippen LogP) is 5.68. The molecule has 0 saturated heterocycles. The maximum atomic E-state index is 2.51. The van der Waals surface area contributed by atoms with Gasteiger partial charge in [-0.2, -0.15) is 0 Å². The Bertz CT molecular complexity index is 732. The molecular weight excluding hydrogens is 316 g/mol. The van der Waals surface area contributed by atoms with Crippen LogP contribution in [0.5, 0.6) is 0 Å². The van der Waals surface area contributed by atoms with Crippen molar-refractivity contribution in [2.45, 2.75) is 40.8 Å². The summed E-state index contributed by atoms with van der Waals surface area (Å²) in [6.07, 6.45) is 0. The van der Waals surface area contributed by atoms with E-state index in [1.54, 1.807) is 0 Å². The van der Waals surface area contributed by atoms with Gasteiger partial charge in [0, 0.05) is 13.1 Å². The Labute approximate surface area is 158 Å². The minimum atomic E-state index is 1.01. The topological polar surface area (TPSA) is 6.48 Å². The molecular formula is C24H32N2. The highest BCUT2D eigenvalue weighted by Crippen LogP contribution is 2.34. The summed E-state index contributed by atoms with van der Waals surface area (Å²) in [5.41, 5.74) is 2.95. The zero-order valence-corrected chi connectivity index (χ0v) is 16.8. The highest BCUT2D eigenvalue weighted by atomic mass is 15.1. The van der Waals surface area contributed by atoms with Gasteiger partial charge >= 0.3 is 0 Å². The van der Waals surface area contributed by atoms with Gasteiger partial charge in [-0.05, 0) is 58.9 Å². The van der Waals surface area contributed by atoms with Crippen molar-refractivity contribution in [3.8, 4) is 0 Å². The lowest BCUT2D eigenvalue weighted by molar-refractivity contribution is 0.296. The normalized spacial score (nSPS) is 11.9. The smallest absolute Gasteiger partial charge is 0.0245 e. The molecule has 2 nitrogen and oxygen atoms in total. The number of rotatable bonds is 8. The van der Waals surface area contributed by atoms with E-state index in [-0.39, 0.29) is 0 Å². The average Bonchev–Trinajstić information content (AvgIpc) is 2.70. The fourth-order valence-corrected chi connectivity index (χ4v) is 3.99. The molecule has 138 valence electrons. The van der Waals surface area contributed by atoms with Gasteiger partial charge in [0.25, 0.3) is 0 Å². The quantitative estimate of drug-likeness (QED) is 0.483. The van der Waals surface area contributed by atoms with E-state index >= 15 is 0 Å². The molecule has 0 aromatic heterocycles. The number of hydrogen-bond donors (Lipinski definition) is 0. The summed E-state index contributed by atoms with van der Waals surface area (Å²) in [7, 11) is 0. The van der Waals surface area contributed by atoms with E-state index in [2.05, 4.69) is 86.0 Å². The third-order valence-electron chi connectivity index (χ3n) is 5.71. The van der Waals surface area contributed by atoms with Crippen molar-refractivity contribution in [1.29, 1.82) is 0 Å². The summed E-state index contributed by atoms with van der Waals surface area (Å²) in [6.45, 7) is 15.4. The number of fused-ring (bicyclic) bond motifs is 2. The molecule has 3 aromatic rings. The van der Waals surface area contributed by atoms with Crippen molar-refractivity contribution < 1.29 is 0 Å². The molecule has 0 aliphatic heterocycles. The second-order valence-corrected chi connectivity index (χ2v) is 6.97. The Balaban J connectivity index is 2.28. The van der Waals surface area contributed by atoms with Crippen LogP contribution in [-0.4, -0.2) is 36.0 Å². The minimum absolute atomic E-state index is 1.01. The van der Waals surface area contributed by atoms with Gasteiger partial charge in [-0.25, -0.2) is 0 Å². The highest BCUT2D eigenvalue weighted by molar-refractivity contribution is 6.05. The van der Waals surface area contributed by atoms with Crippen LogP contribution in [0.4, 0.5) is 0 Å². The molecule has 0 N–H and O–H groups in total. The van der Waals surface area contributed by atoms with Crippen LogP contribution in [0.3, 0.4) is 0 Å². The van der Waals surface area contributed by atoms with Crippen molar-refractivity contribution >= 4 is 21.5 Å². The molecule has 0 atom stereocenters. The van der Waals surface area contributed by atoms with E-state index in [0.29, 0.717) is 0 Å². The Hall–Kier alpha value is -1.90. The summed E-state index contributed by atoms with van der Waals surface area (Å²) in [5.74, 6) is 0. The molecule has 0 fully saturated rings. The third-order valence-corrected chi connectivity index (χ3v) is 5.71. The largest absolute Gasteiger partial charge is 0.300 e. The standard InChI is InChI=1S/C24H32N2/c1-5-25(6-2)17-23-19-13-9-11-15-21(19)24(18-26(7-3)8-4)22-16-12-10-14-20(22)23/h9-16H,5-8,17-18H2,1-4H3. The second kappa shape index (κ2) is 8.66. The van der Waals surface area contributed by atoms with Crippen LogP contribution in [-0.2, 0) is 13.1 Å². The first-order chi connectivity index (χ1) is 12.7. The highest BCUT2D eigenvalue weighted by Gasteiger charge is 2.16. The van der Waals surface area contributed by atoms with Crippen LogP contribution in [0.1, 0.15) is 38.8 Å². The lowest BCUT2D eigenvalue weighted by Gasteiger charge is -2.25. The summed E-state index contributed by atoms with van der Waals surface area (Å²) in [6, 6.07) is 18.0. The van der Waals surface area contributed by atoms with Crippen molar-refractivity contribution in [2.24, 2.45) is 0 Å². The molecule has 0 unspecified atom stereocenters. The summed E-state index contributed by atoms with van der Waals surface area (Å²) in [4.78, 5) is 5.02. The maximum Gasteiger partial charge on any atom is 0.0245 e. The van der Waals surface area contributed by atoms with Crippen LogP contribution < -0.4 is 0 Å². The van der Waals surface area contributed by atoms with Crippen LogP contribution in [0.15, 0.2) is 48.5 Å². The molecule has 3 rings (SSSR count). The Morgan fingerprint density at radius 1 is 0.500 bits per heavy atom. The number of hydrogen-bond acceptors (Lipinski definition) is 2. The minimum Gasteiger partial charge on any atom is -0.300 e. The fraction of sp³-hybridized carbons (Fsp3) is 0.417. The lowest BCUT2D eigenvalue weighted by Crippen LogP contribution is -2.24. The molecule has 0 aliphatic rings. The molecule has 2 heteroatoms. The number of benzene rings is 3. The van der Waals surface area contributed by atoms with E-state index in [9.17, 15) is 0 Å². The van der Waals surface area contributed by atoms with Crippen molar-refractivity contribution in [3.05, 3.63) is 59.7 Å². The fourth-order valence-electron chi connectivity index (χ4n) is 3.99. The Kier molecular flexibility index (Phi) is 6.29. The summed E-state index contributed by atoms with van der Waals surface area (Å²) >= 11 is 0. The summed E-state index contributed by atoms with van der Waals surface area (Å²) < 4.78 is 0. The third kappa shape index (κ3) is 3.62. The molecule has 0 aliphatic carbocycles. The Morgan fingerprint density at radius 2 is 0.769 bits per heavy atom. The van der Waals surface area contributed by atoms with Crippen LogP contribution >= 0.6 is 0 Å². The molecule has 0 radical (unpaired) electrons. The van der Waals surface area contributed by atoms with Gasteiger partial charge in [0.2, 0.25) is 0 Å². The summed E-state index contributed by atoms with van der Waals surface area (Å²) in [5, 5.41) is 5.67. The van der Waals surface area contributed by atoms with Crippen LogP contribution in [0, 0.1) is 0 Å². The molecule has 0 saturated carbocycles. The molecule has 0 heterocycles. The first-order valence-corrected chi connectivity index (χ1v) is 10.1. The van der Waals surface area contributed by atoms with Gasteiger partial charge < -0.3 is 0 Å². The molecule has 3 aromatic carbocycles. The van der Waals surface area contributed by atoms with E-state index < -0.39 is 0 Å². The van der Waals surface area contributed by atoms with Crippen LogP contribution in [0.2, 0.25) is 0 Å². The van der Waals surface area contributed by atoms with Crippen LogP contribution in [0.25, 0.3) is 21.5 Å². The molecule has 0 spiro atoms. The SMILES string of the molecule is CCN(CC)Cc1c2ccccc2c(CN(CC)CC)c2ccccc12. The van der Waals surface area contributed by atoms with E-state index in [1.165, 1.54) is 32.7 Å². The zero-order chi connectivity index (χ0) is 18.5. The molecule has 26 heavy (non-hydrogen) atoms. The maximum absolute atomic E-state index is 2.51. The zero-order valence-electron chi connectivity index (χ0n) is 16.8. The molecule has 0 amide bonds. The van der Waals surface area contributed by atoms with Crippen molar-refractivity contribution in [1.82, 2.24) is 9.80 Å². The van der Waals surface area contributed by atoms with E-state index in [0.717, 1.165) is 39.3 Å². The predicted molar refractivity (Wildman–Crippen MR) is 115 cm³/mol. The first-order valence-electron chi connectivity index (χ1n) is 10.1. The van der Waals surface area contributed by atoms with Gasteiger partial charge in [-0.3, -0.25) is 9.80 Å². The van der Waals surface area contributed by atoms with Gasteiger partial charge in [-0.15, -0.1) is 0 Å². The first kappa shape index (κ1) is 18.9. The van der Waals surface area contributed by atoms with Gasteiger partial charge in [0.1, 0.15) is 0 Å². The van der Waals surface area contributed by atoms with Gasteiger partial charge in [0.05, 0.1) is 0 Å². The second-order valence-electron chi connectivity index (χ2n) is 6.97. The van der Waals surface area contributed by atoms with Gasteiger partial charge in [-0.1, -0.05) is 76.2 Å². The van der Waals surface area contributed by atoms with E-state index in [4.69, 9.17) is 0 Å². The Morgan fingerprint density at radius 3 is 1.00 bits per heavy atom. The average molecular weight is 349 g/mol. The lowest BCUT2D eigenvalue weighted by atomic mass is 9.91.